The predicted octanol–water partition coefficient (Wildman–Crippen LogP) is 3.24. The van der Waals surface area contributed by atoms with Gasteiger partial charge >= 0.3 is 0 Å². The Balaban J connectivity index is 2.27. The molecule has 0 atom stereocenters. The molecule has 1 aromatic carbocycles. The number of aryl methyl sites for hydroxylation is 1. The Labute approximate surface area is 107 Å². The second-order valence-corrected chi connectivity index (χ2v) is 4.87. The molecule has 0 saturated heterocycles. The summed E-state index contributed by atoms with van der Waals surface area (Å²) in [6.07, 6.45) is 1.82. The highest BCUT2D eigenvalue weighted by molar-refractivity contribution is 9.10. The molecule has 3 nitrogen and oxygen atoms in total. The maximum Gasteiger partial charge on any atom is 0.0815 e. The van der Waals surface area contributed by atoms with E-state index in [-0.39, 0.29) is 0 Å². The van der Waals surface area contributed by atoms with Crippen molar-refractivity contribution < 1.29 is 0 Å². The molecule has 1 aromatic heterocycles. The number of nitrogens with two attached hydrogens (primary N) is 1. The van der Waals surface area contributed by atoms with Crippen molar-refractivity contribution in [2.24, 2.45) is 0 Å². The molecular formula is C11H11BrClN3. The number of anilines is 1. The highest BCUT2D eigenvalue weighted by Crippen LogP contribution is 2.21. The standard InChI is InChI=1S/C11H11BrClN3/c1-7-11(13)6-16(15-7)5-8-2-3-9(14)4-10(8)12/h2-4,6H,5,14H2,1H3. The number of nitrogens with zero attached hydrogens (tertiary/aromatic N) is 2. The van der Waals surface area contributed by atoms with Crippen LogP contribution in [0.1, 0.15) is 11.3 Å². The van der Waals surface area contributed by atoms with Crippen molar-refractivity contribution in [1.82, 2.24) is 9.78 Å². The van der Waals surface area contributed by atoms with E-state index in [0.717, 1.165) is 21.4 Å². The maximum atomic E-state index is 5.95. The Kier molecular flexibility index (Phi) is 3.21. The third-order valence-electron chi connectivity index (χ3n) is 2.30. The van der Waals surface area contributed by atoms with Crippen LogP contribution in [-0.2, 0) is 6.54 Å². The minimum Gasteiger partial charge on any atom is -0.399 e. The molecule has 0 aliphatic rings. The molecule has 2 rings (SSSR count). The molecule has 2 aromatic rings. The topological polar surface area (TPSA) is 43.8 Å². The van der Waals surface area contributed by atoms with Gasteiger partial charge in [0.05, 0.1) is 17.3 Å². The Hall–Kier alpha value is -1.000. The number of nitrogen functional groups attached to an aromatic ring is 1. The van der Waals surface area contributed by atoms with Crippen molar-refractivity contribution in [3.8, 4) is 0 Å². The SMILES string of the molecule is Cc1nn(Cc2ccc(N)cc2Br)cc1Cl. The van der Waals surface area contributed by atoms with E-state index in [1.165, 1.54) is 0 Å². The molecule has 0 fully saturated rings. The van der Waals surface area contributed by atoms with Gasteiger partial charge in [0.25, 0.3) is 0 Å². The fourth-order valence-electron chi connectivity index (χ4n) is 1.44. The van der Waals surface area contributed by atoms with Crippen molar-refractivity contribution in [1.29, 1.82) is 0 Å². The van der Waals surface area contributed by atoms with Gasteiger partial charge in [0.1, 0.15) is 0 Å². The minimum atomic E-state index is 0.675. The van der Waals surface area contributed by atoms with E-state index in [0.29, 0.717) is 11.6 Å². The summed E-state index contributed by atoms with van der Waals surface area (Å²) in [4.78, 5) is 0. The first-order valence-corrected chi connectivity index (χ1v) is 5.97. The molecule has 0 radical (unpaired) electrons. The predicted molar refractivity (Wildman–Crippen MR) is 69.6 cm³/mol. The van der Waals surface area contributed by atoms with E-state index in [4.69, 9.17) is 17.3 Å². The van der Waals surface area contributed by atoms with Crippen LogP contribution in [0.2, 0.25) is 5.02 Å². The summed E-state index contributed by atoms with van der Waals surface area (Å²) >= 11 is 9.42. The minimum absolute atomic E-state index is 0.675. The third kappa shape index (κ3) is 2.39. The number of rotatable bonds is 2. The van der Waals surface area contributed by atoms with Gasteiger partial charge in [-0.3, -0.25) is 4.68 Å². The van der Waals surface area contributed by atoms with Crippen LogP contribution < -0.4 is 5.73 Å². The number of aromatic nitrogens is 2. The number of hydrogen-bond acceptors (Lipinski definition) is 2. The maximum absolute atomic E-state index is 5.95. The third-order valence-corrected chi connectivity index (χ3v) is 3.41. The molecule has 0 amide bonds. The lowest BCUT2D eigenvalue weighted by atomic mass is 10.2. The molecule has 0 spiro atoms. The Morgan fingerprint density at radius 1 is 1.50 bits per heavy atom. The van der Waals surface area contributed by atoms with Crippen LogP contribution in [0.25, 0.3) is 0 Å². The summed E-state index contributed by atoms with van der Waals surface area (Å²) in [6, 6.07) is 5.73. The number of hydrogen-bond donors (Lipinski definition) is 1. The molecule has 0 bridgehead atoms. The lowest BCUT2D eigenvalue weighted by Crippen LogP contribution is -2.01. The first-order valence-electron chi connectivity index (χ1n) is 4.79. The number of halogens is 2. The van der Waals surface area contributed by atoms with E-state index in [2.05, 4.69) is 21.0 Å². The normalized spacial score (nSPS) is 10.7. The molecule has 1 heterocycles. The largest absolute Gasteiger partial charge is 0.399 e. The van der Waals surface area contributed by atoms with Gasteiger partial charge in [0, 0.05) is 16.4 Å². The zero-order valence-corrected chi connectivity index (χ0v) is 11.1. The van der Waals surface area contributed by atoms with Crippen molar-refractivity contribution in [2.75, 3.05) is 5.73 Å². The van der Waals surface area contributed by atoms with Gasteiger partial charge in [0.2, 0.25) is 0 Å². The van der Waals surface area contributed by atoms with E-state index in [9.17, 15) is 0 Å². The van der Waals surface area contributed by atoms with Gasteiger partial charge in [-0.2, -0.15) is 5.10 Å². The van der Waals surface area contributed by atoms with Gasteiger partial charge in [-0.15, -0.1) is 0 Å². The second-order valence-electron chi connectivity index (χ2n) is 3.61. The van der Waals surface area contributed by atoms with Crippen LogP contribution in [0.4, 0.5) is 5.69 Å². The van der Waals surface area contributed by atoms with Crippen molar-refractivity contribution >= 4 is 33.2 Å². The van der Waals surface area contributed by atoms with Gasteiger partial charge in [0.15, 0.2) is 0 Å². The summed E-state index contributed by atoms with van der Waals surface area (Å²) in [7, 11) is 0. The molecular weight excluding hydrogens is 289 g/mol. The Morgan fingerprint density at radius 2 is 2.25 bits per heavy atom. The summed E-state index contributed by atoms with van der Waals surface area (Å²) in [6.45, 7) is 2.56. The molecule has 0 aliphatic carbocycles. The molecule has 0 unspecified atom stereocenters. The summed E-state index contributed by atoms with van der Waals surface area (Å²) in [5.74, 6) is 0. The molecule has 84 valence electrons. The smallest absolute Gasteiger partial charge is 0.0815 e. The van der Waals surface area contributed by atoms with Crippen LogP contribution >= 0.6 is 27.5 Å². The first-order chi connectivity index (χ1) is 7.56. The van der Waals surface area contributed by atoms with Gasteiger partial charge in [-0.05, 0) is 24.6 Å². The first kappa shape index (κ1) is 11.5. The summed E-state index contributed by atoms with van der Waals surface area (Å²) in [5.41, 5.74) is 8.38. The van der Waals surface area contributed by atoms with Crippen LogP contribution in [-0.4, -0.2) is 9.78 Å². The monoisotopic (exact) mass is 299 g/mol. The second kappa shape index (κ2) is 4.47. The van der Waals surface area contributed by atoms with Crippen molar-refractivity contribution in [3.05, 3.63) is 45.1 Å². The molecule has 5 heteroatoms. The highest BCUT2D eigenvalue weighted by Gasteiger charge is 2.05. The van der Waals surface area contributed by atoms with Crippen LogP contribution in [0.15, 0.2) is 28.9 Å². The van der Waals surface area contributed by atoms with E-state index in [1.807, 2.05) is 36.0 Å². The molecule has 0 aliphatic heterocycles. The lowest BCUT2D eigenvalue weighted by molar-refractivity contribution is 0.678. The lowest BCUT2D eigenvalue weighted by Gasteiger charge is -2.05. The number of benzene rings is 1. The van der Waals surface area contributed by atoms with E-state index in [1.54, 1.807) is 0 Å². The van der Waals surface area contributed by atoms with Gasteiger partial charge in [-0.25, -0.2) is 0 Å². The fraction of sp³-hybridized carbons (Fsp3) is 0.182. The van der Waals surface area contributed by atoms with Crippen LogP contribution in [0.3, 0.4) is 0 Å². The Morgan fingerprint density at radius 3 is 2.81 bits per heavy atom. The quantitative estimate of drug-likeness (QED) is 0.865. The summed E-state index contributed by atoms with van der Waals surface area (Å²) < 4.78 is 2.80. The molecule has 2 N–H and O–H groups in total. The summed E-state index contributed by atoms with van der Waals surface area (Å²) in [5, 5.41) is 4.99. The average molecular weight is 301 g/mol. The van der Waals surface area contributed by atoms with Gasteiger partial charge in [-0.1, -0.05) is 33.6 Å². The van der Waals surface area contributed by atoms with Crippen molar-refractivity contribution in [3.63, 3.8) is 0 Å². The zero-order chi connectivity index (χ0) is 11.7. The van der Waals surface area contributed by atoms with Gasteiger partial charge < -0.3 is 5.73 Å². The van der Waals surface area contributed by atoms with Crippen LogP contribution in [0, 0.1) is 6.92 Å². The van der Waals surface area contributed by atoms with E-state index < -0.39 is 0 Å². The molecule has 0 saturated carbocycles. The Bertz CT molecular complexity index is 502. The van der Waals surface area contributed by atoms with Crippen LogP contribution in [0.5, 0.6) is 0 Å². The highest BCUT2D eigenvalue weighted by atomic mass is 79.9. The fourth-order valence-corrected chi connectivity index (χ4v) is 2.11. The van der Waals surface area contributed by atoms with E-state index >= 15 is 0 Å². The average Bonchev–Trinajstić information content (AvgIpc) is 2.51. The zero-order valence-electron chi connectivity index (χ0n) is 8.74. The van der Waals surface area contributed by atoms with Crippen molar-refractivity contribution in [2.45, 2.75) is 13.5 Å². The molecule has 16 heavy (non-hydrogen) atoms.